The summed E-state index contributed by atoms with van der Waals surface area (Å²) in [6, 6.07) is 6.67. The smallest absolute Gasteiger partial charge is 0.131 e. The zero-order valence-electron chi connectivity index (χ0n) is 10.1. The van der Waals surface area contributed by atoms with Gasteiger partial charge in [0.05, 0.1) is 12.3 Å². The molecule has 4 heteroatoms. The Hall–Kier alpha value is -1.68. The van der Waals surface area contributed by atoms with Gasteiger partial charge < -0.3 is 9.73 Å². The maximum Gasteiger partial charge on any atom is 0.131 e. The molecule has 96 valence electrons. The number of hydrogen-bond acceptors (Lipinski definition) is 2. The fourth-order valence-electron chi connectivity index (χ4n) is 1.88. The minimum Gasteiger partial charge on any atom is -0.467 e. The van der Waals surface area contributed by atoms with E-state index in [1.54, 1.807) is 12.1 Å². The van der Waals surface area contributed by atoms with Crippen LogP contribution in [0, 0.1) is 11.6 Å². The second-order valence-electron chi connectivity index (χ2n) is 4.04. The van der Waals surface area contributed by atoms with Crippen molar-refractivity contribution in [3.63, 3.8) is 0 Å². The van der Waals surface area contributed by atoms with Gasteiger partial charge in [-0.1, -0.05) is 13.0 Å². The van der Waals surface area contributed by atoms with Crippen LogP contribution in [0.4, 0.5) is 8.78 Å². The van der Waals surface area contributed by atoms with Crippen LogP contribution in [0.1, 0.15) is 30.7 Å². The third-order valence-corrected chi connectivity index (χ3v) is 2.71. The molecule has 0 amide bonds. The van der Waals surface area contributed by atoms with Crippen molar-refractivity contribution >= 4 is 0 Å². The molecular weight excluding hydrogens is 236 g/mol. The van der Waals surface area contributed by atoms with Crippen LogP contribution < -0.4 is 5.32 Å². The van der Waals surface area contributed by atoms with E-state index in [4.69, 9.17) is 4.42 Å². The summed E-state index contributed by atoms with van der Waals surface area (Å²) in [5.74, 6) is -0.632. The fraction of sp³-hybridized carbons (Fsp3) is 0.286. The summed E-state index contributed by atoms with van der Waals surface area (Å²) in [6.07, 6.45) is 2.36. The van der Waals surface area contributed by atoms with Crippen LogP contribution in [-0.4, -0.2) is 6.54 Å². The SMILES string of the molecule is CCCNC(c1ccco1)c1c(F)cccc1F. The molecule has 0 radical (unpaired) electrons. The van der Waals surface area contributed by atoms with E-state index in [1.807, 2.05) is 6.92 Å². The van der Waals surface area contributed by atoms with Gasteiger partial charge in [0.25, 0.3) is 0 Å². The van der Waals surface area contributed by atoms with Crippen molar-refractivity contribution in [2.24, 2.45) is 0 Å². The molecule has 1 unspecified atom stereocenters. The monoisotopic (exact) mass is 251 g/mol. The summed E-state index contributed by atoms with van der Waals surface area (Å²) in [4.78, 5) is 0. The third-order valence-electron chi connectivity index (χ3n) is 2.71. The molecule has 1 aromatic heterocycles. The van der Waals surface area contributed by atoms with Crippen LogP contribution >= 0.6 is 0 Å². The van der Waals surface area contributed by atoms with Gasteiger partial charge in [0.15, 0.2) is 0 Å². The molecule has 1 N–H and O–H groups in total. The zero-order valence-corrected chi connectivity index (χ0v) is 10.1. The van der Waals surface area contributed by atoms with E-state index in [-0.39, 0.29) is 5.56 Å². The van der Waals surface area contributed by atoms with Crippen molar-refractivity contribution in [2.45, 2.75) is 19.4 Å². The predicted molar refractivity (Wildman–Crippen MR) is 65.2 cm³/mol. The van der Waals surface area contributed by atoms with E-state index in [0.29, 0.717) is 12.3 Å². The molecule has 0 aliphatic heterocycles. The van der Waals surface area contributed by atoms with E-state index < -0.39 is 17.7 Å². The molecule has 2 nitrogen and oxygen atoms in total. The molecule has 0 saturated carbocycles. The quantitative estimate of drug-likeness (QED) is 0.877. The minimum atomic E-state index is -0.596. The molecular formula is C14H15F2NO. The topological polar surface area (TPSA) is 25.2 Å². The Morgan fingerprint density at radius 1 is 1.17 bits per heavy atom. The van der Waals surface area contributed by atoms with Gasteiger partial charge in [0.1, 0.15) is 17.4 Å². The number of nitrogens with one attached hydrogen (secondary N) is 1. The highest BCUT2D eigenvalue weighted by atomic mass is 19.1. The number of rotatable bonds is 5. The van der Waals surface area contributed by atoms with Crippen LogP contribution in [0.5, 0.6) is 0 Å². The number of halogens is 2. The Morgan fingerprint density at radius 2 is 1.89 bits per heavy atom. The van der Waals surface area contributed by atoms with E-state index in [0.717, 1.165) is 6.42 Å². The van der Waals surface area contributed by atoms with Gasteiger partial charge in [0.2, 0.25) is 0 Å². The van der Waals surface area contributed by atoms with Crippen molar-refractivity contribution < 1.29 is 13.2 Å². The predicted octanol–water partition coefficient (Wildman–Crippen LogP) is 3.65. The largest absolute Gasteiger partial charge is 0.467 e. The van der Waals surface area contributed by atoms with E-state index in [2.05, 4.69) is 5.32 Å². The Bertz CT molecular complexity index is 476. The summed E-state index contributed by atoms with van der Waals surface area (Å²) in [6.45, 7) is 2.64. The highest BCUT2D eigenvalue weighted by Gasteiger charge is 2.23. The molecule has 0 aliphatic rings. The number of hydrogen-bond donors (Lipinski definition) is 1. The standard InChI is InChI=1S/C14H15F2NO/c1-2-8-17-14(12-7-4-9-18-12)13-10(15)5-3-6-11(13)16/h3-7,9,14,17H,2,8H2,1H3. The Balaban J connectivity index is 2.40. The van der Waals surface area contributed by atoms with Gasteiger partial charge >= 0.3 is 0 Å². The molecule has 1 heterocycles. The molecule has 0 spiro atoms. The lowest BCUT2D eigenvalue weighted by Crippen LogP contribution is -2.24. The highest BCUT2D eigenvalue weighted by Crippen LogP contribution is 2.27. The molecule has 2 rings (SSSR count). The van der Waals surface area contributed by atoms with Gasteiger partial charge in [-0.05, 0) is 37.2 Å². The average Bonchev–Trinajstić information content (AvgIpc) is 2.86. The summed E-state index contributed by atoms with van der Waals surface area (Å²) in [5, 5.41) is 3.10. The van der Waals surface area contributed by atoms with Crippen molar-refractivity contribution in [1.29, 1.82) is 0 Å². The van der Waals surface area contributed by atoms with Crippen LogP contribution in [0.2, 0.25) is 0 Å². The number of furan rings is 1. The van der Waals surface area contributed by atoms with Gasteiger partial charge in [-0.25, -0.2) is 8.78 Å². The molecule has 18 heavy (non-hydrogen) atoms. The first kappa shape index (κ1) is 12.8. The van der Waals surface area contributed by atoms with Crippen LogP contribution in [0.15, 0.2) is 41.0 Å². The lowest BCUT2D eigenvalue weighted by molar-refractivity contribution is 0.422. The summed E-state index contributed by atoms with van der Waals surface area (Å²) in [7, 11) is 0. The second-order valence-corrected chi connectivity index (χ2v) is 4.04. The molecule has 2 aromatic rings. The molecule has 0 bridgehead atoms. The van der Waals surface area contributed by atoms with Crippen molar-refractivity contribution in [1.82, 2.24) is 5.32 Å². The van der Waals surface area contributed by atoms with Crippen LogP contribution in [0.3, 0.4) is 0 Å². The van der Waals surface area contributed by atoms with Crippen molar-refractivity contribution in [3.05, 3.63) is 59.6 Å². The first-order valence-corrected chi connectivity index (χ1v) is 5.94. The van der Waals surface area contributed by atoms with Crippen molar-refractivity contribution in [3.8, 4) is 0 Å². The van der Waals surface area contributed by atoms with E-state index >= 15 is 0 Å². The molecule has 1 atom stereocenters. The highest BCUT2D eigenvalue weighted by molar-refractivity contribution is 5.29. The lowest BCUT2D eigenvalue weighted by atomic mass is 10.0. The third kappa shape index (κ3) is 2.59. The Morgan fingerprint density at radius 3 is 2.44 bits per heavy atom. The average molecular weight is 251 g/mol. The van der Waals surface area contributed by atoms with Crippen molar-refractivity contribution in [2.75, 3.05) is 6.54 Å². The molecule has 0 aliphatic carbocycles. The molecule has 1 aromatic carbocycles. The summed E-state index contributed by atoms with van der Waals surface area (Å²) < 4.78 is 32.9. The Labute approximate surface area is 105 Å². The van der Waals surface area contributed by atoms with Gasteiger partial charge in [-0.2, -0.15) is 0 Å². The fourth-order valence-corrected chi connectivity index (χ4v) is 1.88. The maximum absolute atomic E-state index is 13.8. The van der Waals surface area contributed by atoms with Crippen LogP contribution in [0.25, 0.3) is 0 Å². The second kappa shape index (κ2) is 5.78. The Kier molecular flexibility index (Phi) is 4.10. The summed E-state index contributed by atoms with van der Waals surface area (Å²) in [5.41, 5.74) is 0.000833. The molecule has 0 fully saturated rings. The van der Waals surface area contributed by atoms with E-state index in [9.17, 15) is 8.78 Å². The minimum absolute atomic E-state index is 0.000833. The maximum atomic E-state index is 13.8. The van der Waals surface area contributed by atoms with Gasteiger partial charge in [-0.3, -0.25) is 0 Å². The number of benzene rings is 1. The van der Waals surface area contributed by atoms with Crippen LogP contribution in [-0.2, 0) is 0 Å². The normalized spacial score (nSPS) is 12.6. The van der Waals surface area contributed by atoms with E-state index in [1.165, 1.54) is 24.5 Å². The first-order valence-electron chi connectivity index (χ1n) is 5.94. The zero-order chi connectivity index (χ0) is 13.0. The molecule has 0 saturated heterocycles. The first-order chi connectivity index (χ1) is 8.74. The lowest BCUT2D eigenvalue weighted by Gasteiger charge is -2.18. The van der Waals surface area contributed by atoms with Gasteiger partial charge in [-0.15, -0.1) is 0 Å². The summed E-state index contributed by atoms with van der Waals surface area (Å²) >= 11 is 0. The van der Waals surface area contributed by atoms with Gasteiger partial charge in [0, 0.05) is 5.56 Å².